The molecule has 0 unspecified atom stereocenters. The fourth-order valence-electron chi connectivity index (χ4n) is 3.36. The van der Waals surface area contributed by atoms with E-state index in [-0.39, 0.29) is 10.8 Å². The van der Waals surface area contributed by atoms with Crippen LogP contribution in [0.2, 0.25) is 0 Å². The summed E-state index contributed by atoms with van der Waals surface area (Å²) in [4.78, 5) is 0. The molecule has 0 saturated carbocycles. The van der Waals surface area contributed by atoms with Crippen molar-refractivity contribution in [3.63, 3.8) is 0 Å². The number of phenolic OH excluding ortho intramolecular Hbond substituents is 1. The lowest BCUT2D eigenvalue weighted by molar-refractivity contribution is 0.0388. The third kappa shape index (κ3) is 4.14. The van der Waals surface area contributed by atoms with E-state index in [1.807, 2.05) is 24.3 Å². The molecule has 0 fully saturated rings. The van der Waals surface area contributed by atoms with Crippen molar-refractivity contribution in [2.45, 2.75) is 64.9 Å². The van der Waals surface area contributed by atoms with E-state index >= 15 is 0 Å². The number of methoxy groups -OCH3 is 2. The Hall–Kier alpha value is -2.00. The Labute approximate surface area is 164 Å². The molecule has 0 aliphatic carbocycles. The fourth-order valence-corrected chi connectivity index (χ4v) is 3.36. The minimum Gasteiger partial charge on any atom is -0.507 e. The number of rotatable bonds is 4. The van der Waals surface area contributed by atoms with Crippen molar-refractivity contribution in [3.05, 3.63) is 58.7 Å². The van der Waals surface area contributed by atoms with Crippen molar-refractivity contribution in [3.8, 4) is 11.5 Å². The summed E-state index contributed by atoms with van der Waals surface area (Å²) in [5.74, 6) is 1.20. The minimum absolute atomic E-state index is 0.186. The summed E-state index contributed by atoms with van der Waals surface area (Å²) < 4.78 is 11.3. The van der Waals surface area contributed by atoms with Gasteiger partial charge in [-0.1, -0.05) is 53.7 Å². The van der Waals surface area contributed by atoms with Crippen molar-refractivity contribution in [1.29, 1.82) is 0 Å². The van der Waals surface area contributed by atoms with Crippen molar-refractivity contribution in [2.75, 3.05) is 14.2 Å². The van der Waals surface area contributed by atoms with Gasteiger partial charge in [-0.25, -0.2) is 0 Å². The Morgan fingerprint density at radius 2 is 1.15 bits per heavy atom. The molecule has 2 rings (SSSR count). The smallest absolute Gasteiger partial charge is 0.123 e. The number of benzene rings is 2. The lowest BCUT2D eigenvalue weighted by atomic mass is 9.75. The molecular weight excluding hydrogens is 336 g/mol. The average Bonchev–Trinajstić information content (AvgIpc) is 2.59. The normalized spacial score (nSPS) is 14.7. The largest absolute Gasteiger partial charge is 0.507 e. The van der Waals surface area contributed by atoms with Crippen molar-refractivity contribution >= 4 is 0 Å². The topological polar surface area (TPSA) is 38.7 Å². The highest BCUT2D eigenvalue weighted by Gasteiger charge is 2.34. The summed E-state index contributed by atoms with van der Waals surface area (Å²) in [6, 6.07) is 12.1. The zero-order valence-electron chi connectivity index (χ0n) is 18.2. The zero-order valence-corrected chi connectivity index (χ0v) is 18.2. The van der Waals surface area contributed by atoms with Crippen molar-refractivity contribution < 1.29 is 14.6 Å². The highest BCUT2D eigenvalue weighted by Crippen LogP contribution is 2.44. The molecule has 0 heterocycles. The number of ether oxygens (including phenoxy) is 2. The maximum Gasteiger partial charge on any atom is 0.123 e. The molecule has 0 amide bonds. The van der Waals surface area contributed by atoms with Gasteiger partial charge >= 0.3 is 0 Å². The van der Waals surface area contributed by atoms with Crippen molar-refractivity contribution in [2.24, 2.45) is 0 Å². The minimum atomic E-state index is -0.639. The summed E-state index contributed by atoms with van der Waals surface area (Å²) >= 11 is 0. The molecule has 148 valence electrons. The van der Waals surface area contributed by atoms with Gasteiger partial charge in [-0.15, -0.1) is 0 Å². The van der Waals surface area contributed by atoms with Crippen LogP contribution in [0.15, 0.2) is 36.4 Å². The molecule has 3 heteroatoms. The van der Waals surface area contributed by atoms with Gasteiger partial charge in [-0.2, -0.15) is 0 Å². The first-order valence-corrected chi connectivity index (χ1v) is 9.42. The molecule has 0 radical (unpaired) electrons. The van der Waals surface area contributed by atoms with Crippen LogP contribution < -0.4 is 4.74 Å². The standard InChI is InChI=1S/C24H34O3/c1-22(2,3)19-14-17(15-20(21(19)25)23(4,5)6)24(7,27-9)16-10-12-18(26-8)13-11-16/h10-15,25H,1-9H3/t24-/m1/s1. The van der Waals surface area contributed by atoms with Crippen LogP contribution >= 0.6 is 0 Å². The third-order valence-electron chi connectivity index (χ3n) is 5.33. The van der Waals surface area contributed by atoms with E-state index in [2.05, 4.69) is 60.6 Å². The van der Waals surface area contributed by atoms with E-state index < -0.39 is 5.60 Å². The summed E-state index contributed by atoms with van der Waals surface area (Å²) in [6.07, 6.45) is 0. The van der Waals surface area contributed by atoms with Gasteiger partial charge in [0.15, 0.2) is 0 Å². The van der Waals surface area contributed by atoms with Crippen LogP contribution in [0.5, 0.6) is 11.5 Å². The van der Waals surface area contributed by atoms with Gasteiger partial charge in [0.1, 0.15) is 17.1 Å². The fraction of sp³-hybridized carbons (Fsp3) is 0.500. The maximum atomic E-state index is 11.0. The van der Waals surface area contributed by atoms with Gasteiger partial charge in [0.2, 0.25) is 0 Å². The summed E-state index contributed by atoms with van der Waals surface area (Å²) in [6.45, 7) is 14.8. The van der Waals surface area contributed by atoms with Crippen LogP contribution in [0, 0.1) is 0 Å². The zero-order chi connectivity index (χ0) is 20.6. The Morgan fingerprint density at radius 1 is 0.704 bits per heavy atom. The summed E-state index contributed by atoms with van der Waals surface area (Å²) in [5, 5.41) is 11.0. The number of phenols is 1. The van der Waals surface area contributed by atoms with Gasteiger partial charge in [0, 0.05) is 7.11 Å². The molecule has 0 bridgehead atoms. The van der Waals surface area contributed by atoms with Gasteiger partial charge in [-0.05, 0) is 64.3 Å². The lowest BCUT2D eigenvalue weighted by Crippen LogP contribution is -2.28. The average molecular weight is 371 g/mol. The molecule has 0 aliphatic rings. The predicted molar refractivity (Wildman–Crippen MR) is 112 cm³/mol. The third-order valence-corrected chi connectivity index (χ3v) is 5.33. The molecule has 1 N–H and O–H groups in total. The number of hydrogen-bond donors (Lipinski definition) is 1. The van der Waals surface area contributed by atoms with Gasteiger partial charge in [-0.3, -0.25) is 0 Å². The molecule has 0 spiro atoms. The van der Waals surface area contributed by atoms with Gasteiger partial charge in [0.25, 0.3) is 0 Å². The molecule has 0 aromatic heterocycles. The number of aromatic hydroxyl groups is 1. The highest BCUT2D eigenvalue weighted by atomic mass is 16.5. The Bertz CT molecular complexity index is 757. The van der Waals surface area contributed by atoms with E-state index in [1.54, 1.807) is 14.2 Å². The second-order valence-corrected chi connectivity index (χ2v) is 9.39. The van der Waals surface area contributed by atoms with E-state index in [9.17, 15) is 5.11 Å². The van der Waals surface area contributed by atoms with Gasteiger partial charge < -0.3 is 14.6 Å². The Morgan fingerprint density at radius 3 is 1.48 bits per heavy atom. The molecule has 0 aliphatic heterocycles. The quantitative estimate of drug-likeness (QED) is 0.727. The predicted octanol–water partition coefficient (Wildman–Crippen LogP) is 5.91. The van der Waals surface area contributed by atoms with Gasteiger partial charge in [0.05, 0.1) is 7.11 Å². The molecule has 1 atom stereocenters. The monoisotopic (exact) mass is 370 g/mol. The highest BCUT2D eigenvalue weighted by molar-refractivity contribution is 5.53. The van der Waals surface area contributed by atoms with Crippen LogP contribution in [-0.4, -0.2) is 19.3 Å². The maximum absolute atomic E-state index is 11.0. The van der Waals surface area contributed by atoms with E-state index in [0.717, 1.165) is 28.0 Å². The Balaban J connectivity index is 2.76. The van der Waals surface area contributed by atoms with Crippen LogP contribution in [-0.2, 0) is 21.2 Å². The molecule has 0 saturated heterocycles. The molecule has 3 nitrogen and oxygen atoms in total. The first kappa shape index (κ1) is 21.3. The molecular formula is C24H34O3. The first-order valence-electron chi connectivity index (χ1n) is 9.42. The number of hydrogen-bond acceptors (Lipinski definition) is 3. The van der Waals surface area contributed by atoms with E-state index in [0.29, 0.717) is 5.75 Å². The molecule has 2 aromatic carbocycles. The van der Waals surface area contributed by atoms with Crippen LogP contribution in [0.4, 0.5) is 0 Å². The molecule has 2 aromatic rings. The SMILES string of the molecule is COc1ccc([C@@](C)(OC)c2cc(C(C)(C)C)c(O)c(C(C)(C)C)c2)cc1. The summed E-state index contributed by atoms with van der Waals surface area (Å²) in [5.41, 5.74) is 2.92. The van der Waals surface area contributed by atoms with Crippen LogP contribution in [0.1, 0.15) is 70.7 Å². The molecule has 27 heavy (non-hydrogen) atoms. The van der Waals surface area contributed by atoms with E-state index in [1.165, 1.54) is 0 Å². The van der Waals surface area contributed by atoms with Crippen LogP contribution in [0.3, 0.4) is 0 Å². The first-order chi connectivity index (χ1) is 12.3. The second-order valence-electron chi connectivity index (χ2n) is 9.39. The second kappa shape index (κ2) is 7.20. The van der Waals surface area contributed by atoms with Crippen LogP contribution in [0.25, 0.3) is 0 Å². The van der Waals surface area contributed by atoms with E-state index in [4.69, 9.17) is 9.47 Å². The summed E-state index contributed by atoms with van der Waals surface area (Å²) in [7, 11) is 3.39. The van der Waals surface area contributed by atoms with Crippen molar-refractivity contribution in [1.82, 2.24) is 0 Å². The Kier molecular flexibility index (Phi) is 5.68. The lowest BCUT2D eigenvalue weighted by Gasteiger charge is -2.34.